The van der Waals surface area contributed by atoms with Crippen LogP contribution in [0.15, 0.2) is 12.3 Å². The molecule has 0 saturated carbocycles. The van der Waals surface area contributed by atoms with Crippen LogP contribution in [0.2, 0.25) is 0 Å². The number of carbonyl (C=O) groups is 2. The maximum Gasteiger partial charge on any atom is 0.313 e. The lowest BCUT2D eigenvalue weighted by molar-refractivity contribution is -0.139. The van der Waals surface area contributed by atoms with Gasteiger partial charge in [-0.25, -0.2) is 0 Å². The zero-order valence-corrected chi connectivity index (χ0v) is 7.59. The van der Waals surface area contributed by atoms with Crippen LogP contribution >= 0.6 is 0 Å². The van der Waals surface area contributed by atoms with Crippen molar-refractivity contribution < 1.29 is 14.3 Å². The summed E-state index contributed by atoms with van der Waals surface area (Å²) in [6, 6.07) is 1.70. The van der Waals surface area contributed by atoms with Crippen molar-refractivity contribution >= 4 is 11.8 Å². The third-order valence-electron chi connectivity index (χ3n) is 1.68. The van der Waals surface area contributed by atoms with Crippen LogP contribution in [0.4, 0.5) is 0 Å². The quantitative estimate of drug-likeness (QED) is 0.431. The van der Waals surface area contributed by atoms with Crippen LogP contribution < -0.4 is 0 Å². The topological polar surface area (TPSA) is 59.2 Å². The summed E-state index contributed by atoms with van der Waals surface area (Å²) in [5.41, 5.74) is 1.41. The molecule has 0 aromatic carbocycles. The fourth-order valence-corrected chi connectivity index (χ4v) is 0.974. The smallest absolute Gasteiger partial charge is 0.313 e. The van der Waals surface area contributed by atoms with Gasteiger partial charge in [-0.3, -0.25) is 9.59 Å². The summed E-state index contributed by atoms with van der Waals surface area (Å²) in [5.74, 6) is -0.736. The number of ether oxygens (including phenoxy) is 1. The number of esters is 1. The summed E-state index contributed by atoms with van der Waals surface area (Å²) in [7, 11) is 1.26. The Kier molecular flexibility index (Phi) is 2.84. The number of aromatic amines is 1. The first-order valence-corrected chi connectivity index (χ1v) is 3.88. The van der Waals surface area contributed by atoms with Gasteiger partial charge >= 0.3 is 5.97 Å². The molecule has 0 aliphatic carbocycles. The summed E-state index contributed by atoms with van der Waals surface area (Å²) in [6.07, 6.45) is 1.38. The van der Waals surface area contributed by atoms with Crippen LogP contribution in [0.25, 0.3) is 0 Å². The third-order valence-corrected chi connectivity index (χ3v) is 1.68. The number of nitrogens with one attached hydrogen (secondary N) is 1. The van der Waals surface area contributed by atoms with Crippen molar-refractivity contribution in [1.29, 1.82) is 0 Å². The van der Waals surface area contributed by atoms with Gasteiger partial charge in [-0.15, -0.1) is 0 Å². The lowest BCUT2D eigenvalue weighted by atomic mass is 10.1. The second-order valence-electron chi connectivity index (χ2n) is 2.75. The highest BCUT2D eigenvalue weighted by Gasteiger charge is 2.12. The highest BCUT2D eigenvalue weighted by atomic mass is 16.5. The Morgan fingerprint density at radius 2 is 2.23 bits per heavy atom. The Balaban J connectivity index is 2.64. The van der Waals surface area contributed by atoms with Crippen LogP contribution in [0.3, 0.4) is 0 Å². The van der Waals surface area contributed by atoms with Gasteiger partial charge in [-0.05, 0) is 13.0 Å². The van der Waals surface area contributed by atoms with Crippen LogP contribution in [-0.2, 0) is 9.53 Å². The van der Waals surface area contributed by atoms with E-state index < -0.39 is 5.97 Å². The molecule has 13 heavy (non-hydrogen) atoms. The van der Waals surface area contributed by atoms with E-state index in [1.807, 2.05) is 6.92 Å². The first-order chi connectivity index (χ1) is 6.13. The van der Waals surface area contributed by atoms with E-state index in [1.54, 1.807) is 12.3 Å². The van der Waals surface area contributed by atoms with Crippen molar-refractivity contribution in [2.24, 2.45) is 0 Å². The summed E-state index contributed by atoms with van der Waals surface area (Å²) in [6.45, 7) is 1.84. The number of Topliss-reactive ketones (excluding diaryl/α,β-unsaturated/α-hetero) is 1. The minimum absolute atomic E-state index is 0.201. The van der Waals surface area contributed by atoms with Gasteiger partial charge in [-0.1, -0.05) is 0 Å². The third kappa shape index (κ3) is 2.43. The number of H-pyrrole nitrogens is 1. The number of carbonyl (C=O) groups excluding carboxylic acids is 2. The molecule has 1 aromatic rings. The molecule has 1 N–H and O–H groups in total. The molecule has 70 valence electrons. The Hall–Kier alpha value is -1.58. The Labute approximate surface area is 75.9 Å². The fourth-order valence-electron chi connectivity index (χ4n) is 0.974. The molecule has 0 spiro atoms. The van der Waals surface area contributed by atoms with E-state index in [0.717, 1.165) is 5.69 Å². The van der Waals surface area contributed by atoms with E-state index in [1.165, 1.54) is 7.11 Å². The van der Waals surface area contributed by atoms with E-state index in [-0.39, 0.29) is 12.2 Å². The zero-order chi connectivity index (χ0) is 9.84. The minimum atomic E-state index is -0.510. The van der Waals surface area contributed by atoms with Gasteiger partial charge in [0.1, 0.15) is 6.42 Å². The number of hydrogen-bond donors (Lipinski definition) is 1. The van der Waals surface area contributed by atoms with E-state index in [0.29, 0.717) is 5.56 Å². The molecule has 0 aliphatic rings. The van der Waals surface area contributed by atoms with Crippen molar-refractivity contribution in [3.05, 3.63) is 23.5 Å². The normalized spacial score (nSPS) is 9.69. The number of aryl methyl sites for hydroxylation is 1. The average Bonchev–Trinajstić information content (AvgIpc) is 2.51. The molecule has 1 aromatic heterocycles. The van der Waals surface area contributed by atoms with Gasteiger partial charge in [0.05, 0.1) is 7.11 Å². The highest BCUT2D eigenvalue weighted by molar-refractivity contribution is 6.05. The Bertz CT molecular complexity index is 327. The number of methoxy groups -OCH3 is 1. The predicted octanol–water partition coefficient (Wildman–Crippen LogP) is 1.07. The van der Waals surface area contributed by atoms with Crippen LogP contribution in [-0.4, -0.2) is 23.8 Å². The maximum absolute atomic E-state index is 11.3. The van der Waals surface area contributed by atoms with Crippen molar-refractivity contribution in [2.75, 3.05) is 7.11 Å². The molecule has 0 saturated heterocycles. The van der Waals surface area contributed by atoms with Crippen molar-refractivity contribution in [2.45, 2.75) is 13.3 Å². The predicted molar refractivity (Wildman–Crippen MR) is 46.5 cm³/mol. The average molecular weight is 181 g/mol. The lowest BCUT2D eigenvalue weighted by Crippen LogP contribution is -2.08. The monoisotopic (exact) mass is 181 g/mol. The minimum Gasteiger partial charge on any atom is -0.469 e. The molecule has 0 bridgehead atoms. The molecule has 4 nitrogen and oxygen atoms in total. The molecule has 0 amide bonds. The molecule has 4 heteroatoms. The molecular formula is C9H11NO3. The first kappa shape index (κ1) is 9.51. The highest BCUT2D eigenvalue weighted by Crippen LogP contribution is 2.05. The van der Waals surface area contributed by atoms with Crippen molar-refractivity contribution in [3.8, 4) is 0 Å². The number of aromatic nitrogens is 1. The van der Waals surface area contributed by atoms with Crippen molar-refractivity contribution in [3.63, 3.8) is 0 Å². The number of hydrogen-bond acceptors (Lipinski definition) is 3. The van der Waals surface area contributed by atoms with E-state index in [9.17, 15) is 9.59 Å². The molecule has 0 atom stereocenters. The molecule has 1 heterocycles. The summed E-state index contributed by atoms with van der Waals surface area (Å²) >= 11 is 0. The van der Waals surface area contributed by atoms with Gasteiger partial charge in [0.15, 0.2) is 5.78 Å². The van der Waals surface area contributed by atoms with Gasteiger partial charge in [-0.2, -0.15) is 0 Å². The van der Waals surface area contributed by atoms with Gasteiger partial charge in [0, 0.05) is 17.5 Å². The van der Waals surface area contributed by atoms with Gasteiger partial charge in [0.2, 0.25) is 0 Å². The summed E-state index contributed by atoms with van der Waals surface area (Å²) < 4.78 is 4.38. The lowest BCUT2D eigenvalue weighted by Gasteiger charge is -1.95. The molecule has 0 fully saturated rings. The van der Waals surface area contributed by atoms with Crippen LogP contribution in [0, 0.1) is 6.92 Å². The Morgan fingerprint density at radius 1 is 1.54 bits per heavy atom. The van der Waals surface area contributed by atoms with Gasteiger partial charge in [0.25, 0.3) is 0 Å². The Morgan fingerprint density at radius 3 is 2.69 bits per heavy atom. The van der Waals surface area contributed by atoms with E-state index in [2.05, 4.69) is 9.72 Å². The summed E-state index contributed by atoms with van der Waals surface area (Å²) in [5, 5.41) is 0. The maximum atomic E-state index is 11.3. The molecule has 1 rings (SSSR count). The molecule has 0 aliphatic heterocycles. The van der Waals surface area contributed by atoms with Crippen LogP contribution in [0.1, 0.15) is 22.5 Å². The van der Waals surface area contributed by atoms with E-state index in [4.69, 9.17) is 0 Å². The van der Waals surface area contributed by atoms with Crippen LogP contribution in [0.5, 0.6) is 0 Å². The number of rotatable bonds is 3. The standard InChI is InChI=1S/C9H11NO3/c1-6-3-7(5-10-6)8(11)4-9(12)13-2/h3,5,10H,4H2,1-2H3. The molecular weight excluding hydrogens is 170 g/mol. The SMILES string of the molecule is COC(=O)CC(=O)c1c[nH]c(C)c1. The summed E-state index contributed by atoms with van der Waals surface area (Å²) in [4.78, 5) is 24.9. The van der Waals surface area contributed by atoms with Crippen molar-refractivity contribution in [1.82, 2.24) is 4.98 Å². The van der Waals surface area contributed by atoms with Gasteiger partial charge < -0.3 is 9.72 Å². The fraction of sp³-hybridized carbons (Fsp3) is 0.333. The molecule has 0 radical (unpaired) electrons. The second kappa shape index (κ2) is 3.89. The van der Waals surface area contributed by atoms with E-state index >= 15 is 0 Å². The zero-order valence-electron chi connectivity index (χ0n) is 7.59. The largest absolute Gasteiger partial charge is 0.469 e. The number of ketones is 1. The first-order valence-electron chi connectivity index (χ1n) is 3.88. The second-order valence-corrected chi connectivity index (χ2v) is 2.75. The molecule has 0 unspecified atom stereocenters.